The highest BCUT2D eigenvalue weighted by Crippen LogP contribution is 2.23. The van der Waals surface area contributed by atoms with Crippen LogP contribution in [0.2, 0.25) is 0 Å². The van der Waals surface area contributed by atoms with Gasteiger partial charge in [-0.15, -0.1) is 0 Å². The van der Waals surface area contributed by atoms with Gasteiger partial charge in [0.05, 0.1) is 5.69 Å². The molecule has 0 fully saturated rings. The Morgan fingerprint density at radius 3 is 2.41 bits per heavy atom. The van der Waals surface area contributed by atoms with Crippen LogP contribution in [0.3, 0.4) is 0 Å². The van der Waals surface area contributed by atoms with Gasteiger partial charge in [-0.3, -0.25) is 0 Å². The van der Waals surface area contributed by atoms with E-state index in [0.29, 0.717) is 16.5 Å². The summed E-state index contributed by atoms with van der Waals surface area (Å²) in [6.07, 6.45) is 1.25. The molecule has 0 atom stereocenters. The molecule has 0 aliphatic heterocycles. The van der Waals surface area contributed by atoms with E-state index < -0.39 is 0 Å². The molecule has 0 aromatic heterocycles. The summed E-state index contributed by atoms with van der Waals surface area (Å²) in [6, 6.07) is 4.89. The number of hydrogen-bond donors (Lipinski definition) is 4. The fourth-order valence-corrected chi connectivity index (χ4v) is 1.22. The van der Waals surface area contributed by atoms with Crippen molar-refractivity contribution in [3.05, 3.63) is 18.2 Å². The normalized spacial score (nSPS) is 8.88. The number of nitrogens with one attached hydrogen (secondary N) is 2. The predicted octanol–water partition coefficient (Wildman–Crippen LogP) is 2.70. The molecule has 5 N–H and O–H groups in total. The zero-order valence-corrected chi connectivity index (χ0v) is 11.4. The van der Waals surface area contributed by atoms with E-state index in [1.807, 2.05) is 6.92 Å². The van der Waals surface area contributed by atoms with Gasteiger partial charge in [-0.2, -0.15) is 0 Å². The van der Waals surface area contributed by atoms with E-state index in [-0.39, 0.29) is 5.75 Å². The summed E-state index contributed by atoms with van der Waals surface area (Å²) in [5.41, 5.74) is 6.51. The zero-order chi connectivity index (χ0) is 13.3. The van der Waals surface area contributed by atoms with Gasteiger partial charge < -0.3 is 21.5 Å². The van der Waals surface area contributed by atoms with Crippen LogP contribution in [0, 0.1) is 0 Å². The van der Waals surface area contributed by atoms with E-state index in [2.05, 4.69) is 24.5 Å². The molecule has 0 saturated carbocycles. The third kappa shape index (κ3) is 6.63. The summed E-state index contributed by atoms with van der Waals surface area (Å²) in [6.45, 7) is 6.96. The number of rotatable bonds is 2. The number of thiocarbonyl (C=S) groups is 1. The molecule has 0 aliphatic carbocycles. The van der Waals surface area contributed by atoms with Gasteiger partial charge in [0.1, 0.15) is 5.75 Å². The second kappa shape index (κ2) is 8.64. The third-order valence-corrected chi connectivity index (χ3v) is 1.87. The maximum absolute atomic E-state index is 9.31. The van der Waals surface area contributed by atoms with Crippen LogP contribution < -0.4 is 16.4 Å². The number of nitrogen functional groups attached to an aromatic ring is 1. The molecule has 0 unspecified atom stereocenters. The Kier molecular flexibility index (Phi) is 7.88. The van der Waals surface area contributed by atoms with E-state index in [1.165, 1.54) is 12.5 Å². The second-order valence-electron chi connectivity index (χ2n) is 3.47. The van der Waals surface area contributed by atoms with Crippen LogP contribution in [-0.4, -0.2) is 16.8 Å². The Morgan fingerprint density at radius 2 is 1.94 bits per heavy atom. The number of phenolic OH excluding ortho intramolecular Hbond substituents is 1. The number of nitrogens with two attached hydrogens (primary N) is 1. The Bertz CT molecular complexity index is 356. The Labute approximate surface area is 108 Å². The first kappa shape index (κ1) is 15.5. The van der Waals surface area contributed by atoms with Crippen molar-refractivity contribution in [2.24, 2.45) is 0 Å². The molecule has 0 bridgehead atoms. The Hall–Kier alpha value is -1.49. The lowest BCUT2D eigenvalue weighted by Crippen LogP contribution is -2.27. The molecule has 1 aromatic carbocycles. The average Bonchev–Trinajstić information content (AvgIpc) is 2.25. The molecule has 17 heavy (non-hydrogen) atoms. The lowest BCUT2D eigenvalue weighted by molar-refractivity contribution is 0.478. The molecular weight excluding hydrogens is 234 g/mol. The van der Waals surface area contributed by atoms with Gasteiger partial charge in [0, 0.05) is 18.3 Å². The lowest BCUT2D eigenvalue weighted by Gasteiger charge is -2.09. The largest absolute Gasteiger partial charge is 0.506 e. The molecule has 0 saturated heterocycles. The van der Waals surface area contributed by atoms with Crippen molar-refractivity contribution in [3.63, 3.8) is 0 Å². The SMILES string of the molecule is CCC.CCNC(=S)Nc1ccc(N)c(O)c1. The number of hydrogen-bond acceptors (Lipinski definition) is 3. The minimum Gasteiger partial charge on any atom is -0.506 e. The first-order valence-corrected chi connectivity index (χ1v) is 6.09. The molecule has 0 amide bonds. The molecule has 1 rings (SSSR count). The van der Waals surface area contributed by atoms with Crippen LogP contribution in [-0.2, 0) is 0 Å². The number of aromatic hydroxyl groups is 1. The van der Waals surface area contributed by atoms with Crippen molar-refractivity contribution in [1.29, 1.82) is 0 Å². The van der Waals surface area contributed by atoms with E-state index in [0.717, 1.165) is 6.54 Å². The summed E-state index contributed by atoms with van der Waals surface area (Å²) in [4.78, 5) is 0. The predicted molar refractivity (Wildman–Crippen MR) is 78.4 cm³/mol. The van der Waals surface area contributed by atoms with Crippen molar-refractivity contribution in [2.75, 3.05) is 17.6 Å². The molecular formula is C12H21N3OS. The van der Waals surface area contributed by atoms with Gasteiger partial charge in [0.15, 0.2) is 5.11 Å². The standard InChI is InChI=1S/C9H13N3OS.C3H8/c1-2-11-9(14)12-6-3-4-7(10)8(13)5-6;1-3-2/h3-5,13H,2,10H2,1H3,(H2,11,12,14);3H2,1-2H3. The van der Waals surface area contributed by atoms with E-state index >= 15 is 0 Å². The third-order valence-electron chi connectivity index (χ3n) is 1.63. The van der Waals surface area contributed by atoms with E-state index in [9.17, 15) is 5.11 Å². The monoisotopic (exact) mass is 255 g/mol. The summed E-state index contributed by atoms with van der Waals surface area (Å²) < 4.78 is 0. The average molecular weight is 255 g/mol. The first-order valence-electron chi connectivity index (χ1n) is 5.68. The van der Waals surface area contributed by atoms with Crippen LogP contribution >= 0.6 is 12.2 Å². The van der Waals surface area contributed by atoms with Crippen LogP contribution in [0.25, 0.3) is 0 Å². The van der Waals surface area contributed by atoms with Crippen LogP contribution in [0.5, 0.6) is 5.75 Å². The molecule has 1 aromatic rings. The van der Waals surface area contributed by atoms with Crippen molar-refractivity contribution in [3.8, 4) is 5.75 Å². The van der Waals surface area contributed by atoms with Gasteiger partial charge in [-0.1, -0.05) is 20.3 Å². The molecule has 0 spiro atoms. The smallest absolute Gasteiger partial charge is 0.170 e. The highest BCUT2D eigenvalue weighted by Gasteiger charge is 1.99. The van der Waals surface area contributed by atoms with Gasteiger partial charge in [0.2, 0.25) is 0 Å². The second-order valence-corrected chi connectivity index (χ2v) is 3.87. The first-order chi connectivity index (χ1) is 8.04. The summed E-state index contributed by atoms with van der Waals surface area (Å²) in [5.74, 6) is 0.0503. The van der Waals surface area contributed by atoms with Crippen molar-refractivity contribution < 1.29 is 5.11 Å². The van der Waals surface area contributed by atoms with Crippen molar-refractivity contribution in [2.45, 2.75) is 27.2 Å². The maximum Gasteiger partial charge on any atom is 0.170 e. The summed E-state index contributed by atoms with van der Waals surface area (Å²) >= 11 is 4.98. The van der Waals surface area contributed by atoms with Crippen LogP contribution in [0.1, 0.15) is 27.2 Å². The molecule has 0 radical (unpaired) electrons. The number of anilines is 2. The van der Waals surface area contributed by atoms with Crippen LogP contribution in [0.15, 0.2) is 18.2 Å². The minimum atomic E-state index is 0.0503. The molecule has 0 heterocycles. The zero-order valence-electron chi connectivity index (χ0n) is 10.6. The minimum absolute atomic E-state index is 0.0503. The lowest BCUT2D eigenvalue weighted by atomic mass is 10.2. The van der Waals surface area contributed by atoms with Gasteiger partial charge in [-0.25, -0.2) is 0 Å². The van der Waals surface area contributed by atoms with E-state index in [4.69, 9.17) is 18.0 Å². The van der Waals surface area contributed by atoms with E-state index in [1.54, 1.807) is 12.1 Å². The molecule has 0 aliphatic rings. The van der Waals surface area contributed by atoms with Crippen molar-refractivity contribution >= 4 is 28.7 Å². The highest BCUT2D eigenvalue weighted by atomic mass is 32.1. The highest BCUT2D eigenvalue weighted by molar-refractivity contribution is 7.80. The summed E-state index contributed by atoms with van der Waals surface area (Å²) in [7, 11) is 0. The number of phenols is 1. The van der Waals surface area contributed by atoms with Gasteiger partial charge >= 0.3 is 0 Å². The maximum atomic E-state index is 9.31. The molecule has 5 heteroatoms. The quantitative estimate of drug-likeness (QED) is 0.371. The van der Waals surface area contributed by atoms with Gasteiger partial charge in [-0.05, 0) is 31.3 Å². The van der Waals surface area contributed by atoms with Crippen LogP contribution in [0.4, 0.5) is 11.4 Å². The Morgan fingerprint density at radius 1 is 1.35 bits per heavy atom. The Balaban J connectivity index is 0.000000770. The molecule has 4 nitrogen and oxygen atoms in total. The van der Waals surface area contributed by atoms with Crippen molar-refractivity contribution in [1.82, 2.24) is 5.32 Å². The fourth-order valence-electron chi connectivity index (χ4n) is 0.957. The number of benzene rings is 1. The summed E-state index contributed by atoms with van der Waals surface area (Å²) in [5, 5.41) is 15.7. The fraction of sp³-hybridized carbons (Fsp3) is 0.417. The molecule has 96 valence electrons. The van der Waals surface area contributed by atoms with Gasteiger partial charge in [0.25, 0.3) is 0 Å². The topological polar surface area (TPSA) is 70.3 Å².